The largest absolute Gasteiger partial charge is 0.349 e. The maximum Gasteiger partial charge on any atom is 0.252 e. The molecule has 3 heteroatoms. The summed E-state index contributed by atoms with van der Waals surface area (Å²) in [7, 11) is 0. The van der Waals surface area contributed by atoms with Gasteiger partial charge in [0.15, 0.2) is 0 Å². The zero-order valence-corrected chi connectivity index (χ0v) is 12.1. The Morgan fingerprint density at radius 1 is 0.955 bits per heavy atom. The van der Waals surface area contributed by atoms with Crippen LogP contribution in [0.1, 0.15) is 21.5 Å². The number of hydrogen-bond acceptors (Lipinski definition) is 2. The number of fused-ring (bicyclic) bond motifs is 2. The third-order valence-corrected chi connectivity index (χ3v) is 4.28. The molecule has 3 aromatic rings. The lowest BCUT2D eigenvalue weighted by Gasteiger charge is -2.13. The molecular formula is C19H16N2O. The van der Waals surface area contributed by atoms with Gasteiger partial charge in [0.2, 0.25) is 0 Å². The van der Waals surface area contributed by atoms with E-state index in [2.05, 4.69) is 34.6 Å². The number of aromatic nitrogens is 1. The zero-order valence-electron chi connectivity index (χ0n) is 12.1. The van der Waals surface area contributed by atoms with Crippen molar-refractivity contribution < 1.29 is 4.79 Å². The van der Waals surface area contributed by atoms with E-state index in [4.69, 9.17) is 0 Å². The molecule has 108 valence electrons. The minimum Gasteiger partial charge on any atom is -0.349 e. The van der Waals surface area contributed by atoms with Gasteiger partial charge in [-0.05, 0) is 36.1 Å². The zero-order chi connectivity index (χ0) is 14.9. The Balaban J connectivity index is 1.58. The highest BCUT2D eigenvalue weighted by Gasteiger charge is 2.23. The van der Waals surface area contributed by atoms with Gasteiger partial charge in [-0.2, -0.15) is 0 Å². The topological polar surface area (TPSA) is 42.0 Å². The number of nitrogens with zero attached hydrogens (tertiary/aromatic N) is 1. The Morgan fingerprint density at radius 3 is 2.41 bits per heavy atom. The molecule has 2 aromatic carbocycles. The Morgan fingerprint density at radius 2 is 1.64 bits per heavy atom. The van der Waals surface area contributed by atoms with E-state index in [9.17, 15) is 4.79 Å². The fourth-order valence-electron chi connectivity index (χ4n) is 3.22. The first-order valence-electron chi connectivity index (χ1n) is 7.52. The Labute approximate surface area is 129 Å². The highest BCUT2D eigenvalue weighted by atomic mass is 16.1. The van der Waals surface area contributed by atoms with Crippen LogP contribution in [0, 0.1) is 0 Å². The van der Waals surface area contributed by atoms with Gasteiger partial charge in [0.1, 0.15) is 0 Å². The molecule has 1 aliphatic carbocycles. The van der Waals surface area contributed by atoms with Crippen LogP contribution in [0.2, 0.25) is 0 Å². The SMILES string of the molecule is O=C(NC1Cc2ccccc2C1)c1ccnc2ccccc12. The summed E-state index contributed by atoms with van der Waals surface area (Å²) in [6.07, 6.45) is 3.51. The highest BCUT2D eigenvalue weighted by molar-refractivity contribution is 6.06. The van der Waals surface area contributed by atoms with Gasteiger partial charge in [-0.1, -0.05) is 42.5 Å². The Hall–Kier alpha value is -2.68. The summed E-state index contributed by atoms with van der Waals surface area (Å²) in [5, 5.41) is 4.07. The number of carbonyl (C=O) groups is 1. The summed E-state index contributed by atoms with van der Waals surface area (Å²) in [6.45, 7) is 0. The van der Waals surface area contributed by atoms with Gasteiger partial charge in [0.05, 0.1) is 11.1 Å². The molecule has 1 aliphatic rings. The molecule has 1 amide bonds. The lowest BCUT2D eigenvalue weighted by Crippen LogP contribution is -2.35. The third kappa shape index (κ3) is 2.25. The first-order valence-corrected chi connectivity index (χ1v) is 7.52. The molecule has 0 saturated carbocycles. The van der Waals surface area contributed by atoms with E-state index in [-0.39, 0.29) is 11.9 Å². The van der Waals surface area contributed by atoms with Gasteiger partial charge in [0, 0.05) is 17.6 Å². The second-order valence-corrected chi connectivity index (χ2v) is 5.72. The number of benzene rings is 2. The molecule has 1 heterocycles. The van der Waals surface area contributed by atoms with Gasteiger partial charge in [-0.3, -0.25) is 9.78 Å². The van der Waals surface area contributed by atoms with Crippen molar-refractivity contribution in [3.63, 3.8) is 0 Å². The molecule has 0 spiro atoms. The van der Waals surface area contributed by atoms with Crippen LogP contribution in [-0.2, 0) is 12.8 Å². The number of rotatable bonds is 2. The molecule has 0 radical (unpaired) electrons. The fraction of sp³-hybridized carbons (Fsp3) is 0.158. The highest BCUT2D eigenvalue weighted by Crippen LogP contribution is 2.22. The van der Waals surface area contributed by atoms with E-state index in [1.807, 2.05) is 24.3 Å². The summed E-state index contributed by atoms with van der Waals surface area (Å²) in [4.78, 5) is 16.9. The molecule has 4 rings (SSSR count). The summed E-state index contributed by atoms with van der Waals surface area (Å²) in [5.41, 5.74) is 4.23. The van der Waals surface area contributed by atoms with Crippen LogP contribution < -0.4 is 5.32 Å². The average Bonchev–Trinajstić information content (AvgIpc) is 2.96. The standard InChI is InChI=1S/C19H16N2O/c22-19(17-9-10-20-18-8-4-3-7-16(17)18)21-15-11-13-5-1-2-6-14(13)12-15/h1-10,15H,11-12H2,(H,21,22). The van der Waals surface area contributed by atoms with Gasteiger partial charge < -0.3 is 5.32 Å². The number of hydrogen-bond donors (Lipinski definition) is 1. The summed E-state index contributed by atoms with van der Waals surface area (Å²) >= 11 is 0. The van der Waals surface area contributed by atoms with Gasteiger partial charge in [-0.15, -0.1) is 0 Å². The van der Waals surface area contributed by atoms with Crippen molar-refractivity contribution in [3.8, 4) is 0 Å². The molecule has 0 saturated heterocycles. The van der Waals surface area contributed by atoms with E-state index in [1.165, 1.54) is 11.1 Å². The lowest BCUT2D eigenvalue weighted by molar-refractivity contribution is 0.0940. The second-order valence-electron chi connectivity index (χ2n) is 5.72. The van der Waals surface area contributed by atoms with E-state index >= 15 is 0 Å². The summed E-state index contributed by atoms with van der Waals surface area (Å²) in [5.74, 6) is -0.0172. The van der Waals surface area contributed by atoms with Gasteiger partial charge >= 0.3 is 0 Å². The second kappa shape index (κ2) is 5.26. The molecule has 1 N–H and O–H groups in total. The lowest BCUT2D eigenvalue weighted by atomic mass is 10.1. The first kappa shape index (κ1) is 13.0. The monoisotopic (exact) mass is 288 g/mol. The Kier molecular flexibility index (Phi) is 3.11. The van der Waals surface area contributed by atoms with Crippen molar-refractivity contribution in [1.29, 1.82) is 0 Å². The van der Waals surface area contributed by atoms with Crippen LogP contribution in [-0.4, -0.2) is 16.9 Å². The Bertz CT molecular complexity index is 826. The van der Waals surface area contributed by atoms with Crippen molar-refractivity contribution in [2.75, 3.05) is 0 Å². The fourth-order valence-corrected chi connectivity index (χ4v) is 3.22. The van der Waals surface area contributed by atoms with Crippen molar-refractivity contribution >= 4 is 16.8 Å². The molecule has 0 aliphatic heterocycles. The van der Waals surface area contributed by atoms with E-state index in [1.54, 1.807) is 12.3 Å². The van der Waals surface area contributed by atoms with Gasteiger partial charge in [-0.25, -0.2) is 0 Å². The van der Waals surface area contributed by atoms with Crippen molar-refractivity contribution in [2.45, 2.75) is 18.9 Å². The molecule has 0 atom stereocenters. The van der Waals surface area contributed by atoms with Crippen molar-refractivity contribution in [3.05, 3.63) is 77.5 Å². The maximum atomic E-state index is 12.6. The number of carbonyl (C=O) groups excluding carboxylic acids is 1. The van der Waals surface area contributed by atoms with E-state index in [0.29, 0.717) is 5.56 Å². The molecule has 1 aromatic heterocycles. The van der Waals surface area contributed by atoms with E-state index < -0.39 is 0 Å². The third-order valence-electron chi connectivity index (χ3n) is 4.28. The summed E-state index contributed by atoms with van der Waals surface area (Å²) in [6, 6.07) is 18.1. The molecule has 22 heavy (non-hydrogen) atoms. The minimum absolute atomic E-state index is 0.0172. The molecule has 3 nitrogen and oxygen atoms in total. The molecule has 0 fully saturated rings. The smallest absolute Gasteiger partial charge is 0.252 e. The van der Waals surface area contributed by atoms with Crippen LogP contribution in [0.15, 0.2) is 60.8 Å². The molecule has 0 unspecified atom stereocenters. The number of amides is 1. The minimum atomic E-state index is -0.0172. The van der Waals surface area contributed by atoms with Crippen LogP contribution in [0.25, 0.3) is 10.9 Å². The van der Waals surface area contributed by atoms with Crippen LogP contribution in [0.4, 0.5) is 0 Å². The predicted molar refractivity (Wildman–Crippen MR) is 86.8 cm³/mol. The van der Waals surface area contributed by atoms with E-state index in [0.717, 1.165) is 23.7 Å². The van der Waals surface area contributed by atoms with Crippen LogP contribution in [0.5, 0.6) is 0 Å². The number of nitrogens with one attached hydrogen (secondary N) is 1. The summed E-state index contributed by atoms with van der Waals surface area (Å²) < 4.78 is 0. The quantitative estimate of drug-likeness (QED) is 0.787. The maximum absolute atomic E-state index is 12.6. The first-order chi connectivity index (χ1) is 10.8. The normalized spacial score (nSPS) is 14.0. The number of para-hydroxylation sites is 1. The van der Waals surface area contributed by atoms with Crippen molar-refractivity contribution in [2.24, 2.45) is 0 Å². The predicted octanol–water partition coefficient (Wildman–Crippen LogP) is 3.13. The van der Waals surface area contributed by atoms with Gasteiger partial charge in [0.25, 0.3) is 5.91 Å². The van der Waals surface area contributed by atoms with Crippen LogP contribution >= 0.6 is 0 Å². The number of pyridine rings is 1. The average molecular weight is 288 g/mol. The van der Waals surface area contributed by atoms with Crippen LogP contribution in [0.3, 0.4) is 0 Å². The molecular weight excluding hydrogens is 272 g/mol. The molecule has 0 bridgehead atoms. The van der Waals surface area contributed by atoms with Crippen molar-refractivity contribution in [1.82, 2.24) is 10.3 Å².